The molecule has 0 saturated heterocycles. The Morgan fingerprint density at radius 3 is 2.65 bits per heavy atom. The summed E-state index contributed by atoms with van der Waals surface area (Å²) < 4.78 is 5.47. The van der Waals surface area contributed by atoms with Crippen LogP contribution in [0.5, 0.6) is 0 Å². The first-order chi connectivity index (χ1) is 12.2. The molecule has 0 aliphatic carbocycles. The molecule has 3 amide bonds. The summed E-state index contributed by atoms with van der Waals surface area (Å²) in [7, 11) is 0. The number of hydrogen-bond acceptors (Lipinski definition) is 4. The normalized spacial score (nSPS) is 16.3. The molecule has 1 aliphatic heterocycles. The third-order valence-electron chi connectivity index (χ3n) is 3.80. The molecule has 140 valence electrons. The van der Waals surface area contributed by atoms with Crippen molar-refractivity contribution >= 4 is 23.6 Å². The van der Waals surface area contributed by atoms with Gasteiger partial charge in [-0.1, -0.05) is 24.8 Å². The van der Waals surface area contributed by atoms with Gasteiger partial charge in [0, 0.05) is 6.54 Å². The quantitative estimate of drug-likeness (QED) is 0.808. The number of carbonyl (C=O) groups excluding carboxylic acids is 3. The second-order valence-electron chi connectivity index (χ2n) is 7.02. The Labute approximate surface area is 153 Å². The Kier molecular flexibility index (Phi) is 6.02. The van der Waals surface area contributed by atoms with E-state index in [1.807, 2.05) is 45.0 Å². The van der Waals surface area contributed by atoms with Crippen molar-refractivity contribution in [1.82, 2.24) is 10.6 Å². The maximum absolute atomic E-state index is 12.5. The van der Waals surface area contributed by atoms with Gasteiger partial charge in [0.05, 0.1) is 18.3 Å². The molecule has 2 N–H and O–H groups in total. The van der Waals surface area contributed by atoms with E-state index in [9.17, 15) is 14.4 Å². The summed E-state index contributed by atoms with van der Waals surface area (Å²) in [6.45, 7) is 9.10. The summed E-state index contributed by atoms with van der Waals surface area (Å²) in [5.74, 6) is -0.703. The van der Waals surface area contributed by atoms with Crippen LogP contribution in [0.1, 0.15) is 38.8 Å². The van der Waals surface area contributed by atoms with Gasteiger partial charge in [-0.3, -0.25) is 14.5 Å². The second-order valence-corrected chi connectivity index (χ2v) is 7.02. The van der Waals surface area contributed by atoms with Gasteiger partial charge < -0.3 is 15.4 Å². The SMILES string of the molecule is C=CC(=O)NCC(=O)NC1CCN(C(=O)OC(C)(C)C)c2ccccc21. The molecule has 2 rings (SSSR count). The molecule has 7 heteroatoms. The molecule has 0 aromatic heterocycles. The summed E-state index contributed by atoms with van der Waals surface area (Å²) >= 11 is 0. The number of para-hydroxylation sites is 1. The van der Waals surface area contributed by atoms with E-state index < -0.39 is 17.6 Å². The number of amides is 3. The minimum absolute atomic E-state index is 0.126. The largest absolute Gasteiger partial charge is 0.443 e. The van der Waals surface area contributed by atoms with Crippen molar-refractivity contribution in [3.05, 3.63) is 42.5 Å². The molecule has 1 heterocycles. The molecule has 7 nitrogen and oxygen atoms in total. The van der Waals surface area contributed by atoms with Crippen molar-refractivity contribution in [3.63, 3.8) is 0 Å². The van der Waals surface area contributed by atoms with Gasteiger partial charge in [-0.05, 0) is 44.9 Å². The van der Waals surface area contributed by atoms with E-state index in [0.717, 1.165) is 11.6 Å². The highest BCUT2D eigenvalue weighted by atomic mass is 16.6. The molecule has 0 fully saturated rings. The van der Waals surface area contributed by atoms with E-state index in [2.05, 4.69) is 17.2 Å². The van der Waals surface area contributed by atoms with Crippen LogP contribution in [0.4, 0.5) is 10.5 Å². The van der Waals surface area contributed by atoms with E-state index in [1.165, 1.54) is 0 Å². The fraction of sp³-hybridized carbons (Fsp3) is 0.421. The van der Waals surface area contributed by atoms with E-state index in [0.29, 0.717) is 18.7 Å². The maximum atomic E-state index is 12.5. The fourth-order valence-corrected chi connectivity index (χ4v) is 2.70. The fourth-order valence-electron chi connectivity index (χ4n) is 2.70. The van der Waals surface area contributed by atoms with Crippen molar-refractivity contribution in [1.29, 1.82) is 0 Å². The smallest absolute Gasteiger partial charge is 0.414 e. The van der Waals surface area contributed by atoms with Crippen LogP contribution in [0.3, 0.4) is 0 Å². The molecule has 1 aromatic rings. The highest BCUT2D eigenvalue weighted by molar-refractivity contribution is 5.92. The lowest BCUT2D eigenvalue weighted by molar-refractivity contribution is -0.124. The maximum Gasteiger partial charge on any atom is 0.414 e. The lowest BCUT2D eigenvalue weighted by Crippen LogP contribution is -2.44. The molecular formula is C19H25N3O4. The Morgan fingerprint density at radius 1 is 1.31 bits per heavy atom. The zero-order valence-electron chi connectivity index (χ0n) is 15.4. The van der Waals surface area contributed by atoms with E-state index >= 15 is 0 Å². The van der Waals surface area contributed by atoms with Gasteiger partial charge in [0.15, 0.2) is 0 Å². The molecule has 1 atom stereocenters. The van der Waals surface area contributed by atoms with E-state index in [-0.39, 0.29) is 18.5 Å². The molecule has 1 aliphatic rings. The lowest BCUT2D eigenvalue weighted by atomic mass is 9.96. The number of fused-ring (bicyclic) bond motifs is 1. The van der Waals surface area contributed by atoms with Crippen LogP contribution in [-0.2, 0) is 14.3 Å². The van der Waals surface area contributed by atoms with Gasteiger partial charge in [-0.25, -0.2) is 4.79 Å². The Morgan fingerprint density at radius 2 is 2.00 bits per heavy atom. The number of nitrogens with zero attached hydrogens (tertiary/aromatic N) is 1. The average molecular weight is 359 g/mol. The first kappa shape index (κ1) is 19.5. The first-order valence-electron chi connectivity index (χ1n) is 8.50. The van der Waals surface area contributed by atoms with Crippen molar-refractivity contribution < 1.29 is 19.1 Å². The van der Waals surface area contributed by atoms with Crippen LogP contribution in [0, 0.1) is 0 Å². The number of benzene rings is 1. The van der Waals surface area contributed by atoms with Crippen molar-refractivity contribution in [2.24, 2.45) is 0 Å². The average Bonchev–Trinajstić information content (AvgIpc) is 2.58. The number of hydrogen-bond donors (Lipinski definition) is 2. The molecule has 0 saturated carbocycles. The zero-order chi connectivity index (χ0) is 19.3. The van der Waals surface area contributed by atoms with Crippen LogP contribution in [0.2, 0.25) is 0 Å². The zero-order valence-corrected chi connectivity index (χ0v) is 15.4. The summed E-state index contributed by atoms with van der Waals surface area (Å²) in [6, 6.07) is 7.16. The topological polar surface area (TPSA) is 87.7 Å². The van der Waals surface area contributed by atoms with E-state index in [1.54, 1.807) is 4.90 Å². The number of rotatable bonds is 4. The number of ether oxygens (including phenoxy) is 1. The second kappa shape index (κ2) is 8.03. The summed E-state index contributed by atoms with van der Waals surface area (Å²) in [5.41, 5.74) is 0.974. The molecular weight excluding hydrogens is 334 g/mol. The standard InChI is InChI=1S/C19H25N3O4/c1-5-16(23)20-12-17(24)21-14-10-11-22(18(25)26-19(2,3)4)15-9-7-6-8-13(14)15/h5-9,14H,1,10-12H2,2-4H3,(H,20,23)(H,21,24). The minimum atomic E-state index is -0.583. The Bertz CT molecular complexity index is 709. The van der Waals surface area contributed by atoms with Crippen LogP contribution in [0.25, 0.3) is 0 Å². The number of nitrogens with one attached hydrogen (secondary N) is 2. The Hall–Kier alpha value is -2.83. The van der Waals surface area contributed by atoms with Crippen LogP contribution in [0.15, 0.2) is 36.9 Å². The van der Waals surface area contributed by atoms with Gasteiger partial charge in [0.25, 0.3) is 0 Å². The summed E-state index contributed by atoms with van der Waals surface area (Å²) in [5, 5.41) is 5.34. The van der Waals surface area contributed by atoms with Crippen LogP contribution >= 0.6 is 0 Å². The molecule has 0 bridgehead atoms. The van der Waals surface area contributed by atoms with Crippen LogP contribution < -0.4 is 15.5 Å². The van der Waals surface area contributed by atoms with Crippen molar-refractivity contribution in [3.8, 4) is 0 Å². The van der Waals surface area contributed by atoms with Gasteiger partial charge in [0.1, 0.15) is 5.60 Å². The Balaban J connectivity index is 2.11. The predicted molar refractivity (Wildman–Crippen MR) is 98.7 cm³/mol. The lowest BCUT2D eigenvalue weighted by Gasteiger charge is -2.35. The number of carbonyl (C=O) groups is 3. The van der Waals surface area contributed by atoms with Crippen LogP contribution in [-0.4, -0.2) is 36.6 Å². The monoisotopic (exact) mass is 359 g/mol. The first-order valence-corrected chi connectivity index (χ1v) is 8.50. The van der Waals surface area contributed by atoms with Gasteiger partial charge in [-0.15, -0.1) is 0 Å². The third-order valence-corrected chi connectivity index (χ3v) is 3.80. The van der Waals surface area contributed by atoms with Crippen molar-refractivity contribution in [2.45, 2.75) is 38.8 Å². The summed E-state index contributed by atoms with van der Waals surface area (Å²) in [4.78, 5) is 37.3. The minimum Gasteiger partial charge on any atom is -0.443 e. The predicted octanol–water partition coefficient (Wildman–Crippen LogP) is 2.29. The van der Waals surface area contributed by atoms with E-state index in [4.69, 9.17) is 4.74 Å². The molecule has 1 aromatic carbocycles. The molecule has 1 unspecified atom stereocenters. The molecule has 0 spiro atoms. The third kappa shape index (κ3) is 5.08. The number of anilines is 1. The van der Waals surface area contributed by atoms with Gasteiger partial charge >= 0.3 is 6.09 Å². The van der Waals surface area contributed by atoms with Gasteiger partial charge in [-0.2, -0.15) is 0 Å². The van der Waals surface area contributed by atoms with Gasteiger partial charge in [0.2, 0.25) is 11.8 Å². The summed E-state index contributed by atoms with van der Waals surface area (Å²) in [6.07, 6.45) is 1.26. The molecule has 26 heavy (non-hydrogen) atoms. The van der Waals surface area contributed by atoms with Crippen molar-refractivity contribution in [2.75, 3.05) is 18.0 Å². The highest BCUT2D eigenvalue weighted by Crippen LogP contribution is 2.34. The molecule has 0 radical (unpaired) electrons. The highest BCUT2D eigenvalue weighted by Gasteiger charge is 2.31.